The van der Waals surface area contributed by atoms with Gasteiger partial charge >= 0.3 is 6.03 Å². The maximum atomic E-state index is 12.2. The fraction of sp³-hybridized carbons (Fsp3) is 0.320. The number of anilines is 2. The number of nitrogens with one attached hydrogen (secondary N) is 2. The van der Waals surface area contributed by atoms with Crippen LogP contribution in [0.4, 0.5) is 16.4 Å². The van der Waals surface area contributed by atoms with Crippen molar-refractivity contribution in [3.05, 3.63) is 84.2 Å². The van der Waals surface area contributed by atoms with Crippen molar-refractivity contribution in [2.75, 3.05) is 42.9 Å². The van der Waals surface area contributed by atoms with Gasteiger partial charge in [0, 0.05) is 45.3 Å². The Morgan fingerprint density at radius 3 is 2.28 bits per heavy atom. The number of aromatic nitrogens is 2. The highest BCUT2D eigenvalue weighted by Gasteiger charge is 2.18. The number of carbonyl (C=O) groups excluding carboxylic acids is 1. The van der Waals surface area contributed by atoms with Gasteiger partial charge < -0.3 is 10.2 Å². The van der Waals surface area contributed by atoms with Crippen LogP contribution in [0.25, 0.3) is 0 Å². The summed E-state index contributed by atoms with van der Waals surface area (Å²) in [5.41, 5.74) is 2.61. The molecule has 0 saturated carbocycles. The molecular weight excluding hydrogens is 400 g/mol. The van der Waals surface area contributed by atoms with Gasteiger partial charge in [0.05, 0.1) is 0 Å². The van der Waals surface area contributed by atoms with Crippen molar-refractivity contribution in [1.29, 1.82) is 0 Å². The minimum Gasteiger partial charge on any atom is -0.354 e. The van der Waals surface area contributed by atoms with E-state index in [2.05, 4.69) is 66.8 Å². The highest BCUT2D eigenvalue weighted by atomic mass is 16.2. The van der Waals surface area contributed by atoms with Crippen molar-refractivity contribution < 1.29 is 4.79 Å². The van der Waals surface area contributed by atoms with Crippen molar-refractivity contribution in [2.24, 2.45) is 0 Å². The van der Waals surface area contributed by atoms with Crippen LogP contribution in [0.5, 0.6) is 0 Å². The van der Waals surface area contributed by atoms with E-state index in [0.29, 0.717) is 12.4 Å². The van der Waals surface area contributed by atoms with Crippen LogP contribution >= 0.6 is 0 Å². The van der Waals surface area contributed by atoms with E-state index in [1.165, 1.54) is 17.5 Å². The summed E-state index contributed by atoms with van der Waals surface area (Å²) < 4.78 is 0. The molecule has 0 spiro atoms. The Morgan fingerprint density at radius 1 is 0.875 bits per heavy atom. The zero-order valence-corrected chi connectivity index (χ0v) is 18.3. The second kappa shape index (κ2) is 11.2. The number of rotatable bonds is 8. The molecule has 2 aromatic carbocycles. The maximum absolute atomic E-state index is 12.2. The molecular formula is C25H30N6O. The molecule has 1 fully saturated rings. The number of carbonyl (C=O) groups is 1. The van der Waals surface area contributed by atoms with Crippen LogP contribution < -0.4 is 15.5 Å². The van der Waals surface area contributed by atoms with E-state index in [-0.39, 0.29) is 6.03 Å². The van der Waals surface area contributed by atoms with E-state index >= 15 is 0 Å². The predicted octanol–water partition coefficient (Wildman–Crippen LogP) is 3.55. The molecule has 0 atom stereocenters. The summed E-state index contributed by atoms with van der Waals surface area (Å²) in [4.78, 5) is 25.5. The third-order valence-electron chi connectivity index (χ3n) is 5.61. The summed E-state index contributed by atoms with van der Waals surface area (Å²) in [5, 5.41) is 5.72. The average Bonchev–Trinajstić information content (AvgIpc) is 2.84. The van der Waals surface area contributed by atoms with E-state index in [4.69, 9.17) is 0 Å². The van der Waals surface area contributed by atoms with Crippen LogP contribution in [0.15, 0.2) is 73.1 Å². The summed E-state index contributed by atoms with van der Waals surface area (Å²) in [7, 11) is 0. The van der Waals surface area contributed by atoms with E-state index in [0.717, 1.165) is 51.4 Å². The van der Waals surface area contributed by atoms with Crippen LogP contribution in [0.2, 0.25) is 0 Å². The molecule has 1 aliphatic rings. The van der Waals surface area contributed by atoms with Crippen LogP contribution in [0.3, 0.4) is 0 Å². The lowest BCUT2D eigenvalue weighted by molar-refractivity contribution is 0.249. The first-order valence-electron chi connectivity index (χ1n) is 11.2. The van der Waals surface area contributed by atoms with Gasteiger partial charge in [-0.1, -0.05) is 60.7 Å². The van der Waals surface area contributed by atoms with Gasteiger partial charge in [0.25, 0.3) is 0 Å². The van der Waals surface area contributed by atoms with E-state index in [1.807, 2.05) is 30.3 Å². The maximum Gasteiger partial charge on any atom is 0.320 e. The first-order valence-corrected chi connectivity index (χ1v) is 11.2. The predicted molar refractivity (Wildman–Crippen MR) is 128 cm³/mol. The molecule has 2 amide bonds. The third kappa shape index (κ3) is 6.52. The standard InChI is InChI=1S/C25H30N6O/c32-25(26-13-7-12-21-8-3-1-4-9-21)29-23-18-24(28-20-27-23)31-16-14-30(15-17-31)19-22-10-5-2-6-11-22/h1-6,8-11,18,20H,7,12-17,19H2,(H2,26,27,28,29,32). The highest BCUT2D eigenvalue weighted by Crippen LogP contribution is 2.17. The summed E-state index contributed by atoms with van der Waals surface area (Å²) in [6.45, 7) is 5.33. The smallest absolute Gasteiger partial charge is 0.320 e. The molecule has 7 nitrogen and oxygen atoms in total. The number of nitrogens with zero attached hydrogens (tertiary/aromatic N) is 4. The van der Waals surface area contributed by atoms with Gasteiger partial charge in [0.2, 0.25) is 0 Å². The van der Waals surface area contributed by atoms with Crippen LogP contribution in [0, 0.1) is 0 Å². The number of amides is 2. The van der Waals surface area contributed by atoms with Gasteiger partial charge in [-0.15, -0.1) is 0 Å². The Morgan fingerprint density at radius 2 is 1.56 bits per heavy atom. The third-order valence-corrected chi connectivity index (χ3v) is 5.61. The Bertz CT molecular complexity index is 974. The lowest BCUT2D eigenvalue weighted by Crippen LogP contribution is -2.46. The number of piperazine rings is 1. The molecule has 3 aromatic rings. The molecule has 166 valence electrons. The second-order valence-corrected chi connectivity index (χ2v) is 7.98. The van der Waals surface area contributed by atoms with Gasteiger partial charge in [-0.2, -0.15) is 0 Å². The van der Waals surface area contributed by atoms with Crippen molar-refractivity contribution in [3.8, 4) is 0 Å². The Kier molecular flexibility index (Phi) is 7.65. The largest absolute Gasteiger partial charge is 0.354 e. The zero-order valence-electron chi connectivity index (χ0n) is 18.3. The van der Waals surface area contributed by atoms with Crippen LogP contribution in [-0.2, 0) is 13.0 Å². The minimum absolute atomic E-state index is 0.240. The van der Waals surface area contributed by atoms with Gasteiger partial charge in [-0.3, -0.25) is 10.2 Å². The highest BCUT2D eigenvalue weighted by molar-refractivity contribution is 5.88. The number of benzene rings is 2. The topological polar surface area (TPSA) is 73.4 Å². The van der Waals surface area contributed by atoms with E-state index in [1.54, 1.807) is 0 Å². The molecule has 2 heterocycles. The number of hydrogen-bond acceptors (Lipinski definition) is 5. The van der Waals surface area contributed by atoms with Gasteiger partial charge in [-0.05, 0) is 24.0 Å². The monoisotopic (exact) mass is 430 g/mol. The summed E-state index contributed by atoms with van der Waals surface area (Å²) in [6.07, 6.45) is 3.34. The molecule has 32 heavy (non-hydrogen) atoms. The quantitative estimate of drug-likeness (QED) is 0.535. The van der Waals surface area contributed by atoms with Crippen molar-refractivity contribution >= 4 is 17.7 Å². The fourth-order valence-corrected chi connectivity index (χ4v) is 3.86. The summed E-state index contributed by atoms with van der Waals surface area (Å²) in [6, 6.07) is 22.4. The van der Waals surface area contributed by atoms with E-state index in [9.17, 15) is 4.79 Å². The van der Waals surface area contributed by atoms with Crippen molar-refractivity contribution in [2.45, 2.75) is 19.4 Å². The van der Waals surface area contributed by atoms with Crippen LogP contribution in [0.1, 0.15) is 17.5 Å². The molecule has 1 saturated heterocycles. The Hall–Kier alpha value is -3.45. The summed E-state index contributed by atoms with van der Waals surface area (Å²) in [5.74, 6) is 1.36. The fourth-order valence-electron chi connectivity index (χ4n) is 3.86. The number of urea groups is 1. The summed E-state index contributed by atoms with van der Waals surface area (Å²) >= 11 is 0. The minimum atomic E-state index is -0.240. The first-order chi connectivity index (χ1) is 15.8. The molecule has 0 bridgehead atoms. The molecule has 0 unspecified atom stereocenters. The molecule has 0 aliphatic carbocycles. The molecule has 2 N–H and O–H groups in total. The molecule has 0 radical (unpaired) electrons. The molecule has 4 rings (SSSR count). The molecule has 1 aliphatic heterocycles. The zero-order chi connectivity index (χ0) is 22.0. The second-order valence-electron chi connectivity index (χ2n) is 7.98. The number of hydrogen-bond donors (Lipinski definition) is 2. The average molecular weight is 431 g/mol. The lowest BCUT2D eigenvalue weighted by atomic mass is 10.1. The van der Waals surface area contributed by atoms with E-state index < -0.39 is 0 Å². The van der Waals surface area contributed by atoms with Crippen molar-refractivity contribution in [3.63, 3.8) is 0 Å². The molecule has 1 aromatic heterocycles. The number of aryl methyl sites for hydroxylation is 1. The normalized spacial score (nSPS) is 14.2. The first kappa shape index (κ1) is 21.8. The Labute approximate surface area is 189 Å². The van der Waals surface area contributed by atoms with Crippen molar-refractivity contribution in [1.82, 2.24) is 20.2 Å². The Balaban J connectivity index is 1.20. The van der Waals surface area contributed by atoms with Gasteiger partial charge in [0.15, 0.2) is 0 Å². The molecule has 7 heteroatoms. The lowest BCUT2D eigenvalue weighted by Gasteiger charge is -2.35. The van der Waals surface area contributed by atoms with Gasteiger partial charge in [0.1, 0.15) is 18.0 Å². The van der Waals surface area contributed by atoms with Gasteiger partial charge in [-0.25, -0.2) is 14.8 Å². The van der Waals surface area contributed by atoms with Crippen LogP contribution in [-0.4, -0.2) is 53.6 Å². The SMILES string of the molecule is O=C(NCCCc1ccccc1)Nc1cc(N2CCN(Cc3ccccc3)CC2)ncn1.